The van der Waals surface area contributed by atoms with Gasteiger partial charge in [0.25, 0.3) is 21.6 Å². The number of pyridine rings is 1. The molecule has 19 heteroatoms. The van der Waals surface area contributed by atoms with Crippen molar-refractivity contribution in [1.29, 1.82) is 0 Å². The van der Waals surface area contributed by atoms with Crippen LogP contribution in [0.1, 0.15) is 49.0 Å². The zero-order valence-corrected chi connectivity index (χ0v) is 38.6. The van der Waals surface area contributed by atoms with Gasteiger partial charge in [0.05, 0.1) is 53.2 Å². The number of hydrogen-bond donors (Lipinski definition) is 3. The third-order valence-electron chi connectivity index (χ3n) is 12.8. The van der Waals surface area contributed by atoms with Crippen molar-refractivity contribution < 1.29 is 36.9 Å². The Kier molecular flexibility index (Phi) is 12.6. The quantitative estimate of drug-likeness (QED) is 0.0691. The molecule has 2 aromatic heterocycles. The van der Waals surface area contributed by atoms with E-state index < -0.39 is 38.6 Å². The summed E-state index contributed by atoms with van der Waals surface area (Å²) in [4.78, 5) is 37.6. The molecule has 9 rings (SSSR count). The topological polar surface area (TPSA) is 198 Å². The zero-order valence-electron chi connectivity index (χ0n) is 36.2. The number of nitrogens with zero attached hydrogens (tertiary/aromatic N) is 4. The summed E-state index contributed by atoms with van der Waals surface area (Å²) in [6.07, 6.45) is 4.54. The molecule has 5 aromatic rings. The Hall–Kier alpha value is -5.29. The summed E-state index contributed by atoms with van der Waals surface area (Å²) in [6.45, 7) is 9.75. The normalized spacial score (nSPS) is 21.4. The van der Waals surface area contributed by atoms with Gasteiger partial charge >= 0.3 is 0 Å². The summed E-state index contributed by atoms with van der Waals surface area (Å²) in [5.74, 6) is -0.857. The number of hydrogen-bond acceptors (Lipinski definition) is 13. The molecule has 1 aliphatic carbocycles. The number of carbonyl (C=O) groups excluding carboxylic acids is 1. The predicted octanol–water partition coefficient (Wildman–Crippen LogP) is 6.56. The lowest BCUT2D eigenvalue weighted by Crippen LogP contribution is -2.47. The maximum absolute atomic E-state index is 15.6. The van der Waals surface area contributed by atoms with E-state index in [0.29, 0.717) is 54.3 Å². The highest BCUT2D eigenvalue weighted by atomic mass is 35.5. The lowest BCUT2D eigenvalue weighted by Gasteiger charge is -2.39. The number of anilines is 2. The van der Waals surface area contributed by atoms with E-state index in [1.54, 1.807) is 30.5 Å². The fourth-order valence-electron chi connectivity index (χ4n) is 9.16. The van der Waals surface area contributed by atoms with Gasteiger partial charge in [-0.1, -0.05) is 43.2 Å². The lowest BCUT2D eigenvalue weighted by molar-refractivity contribution is -0.384. The van der Waals surface area contributed by atoms with E-state index in [-0.39, 0.29) is 53.3 Å². The zero-order chi connectivity index (χ0) is 45.5. The summed E-state index contributed by atoms with van der Waals surface area (Å²) in [7, 11) is -8.38. The van der Waals surface area contributed by atoms with Crippen molar-refractivity contribution in [2.45, 2.75) is 44.1 Å². The van der Waals surface area contributed by atoms with Crippen LogP contribution in [0, 0.1) is 15.5 Å². The van der Waals surface area contributed by atoms with Gasteiger partial charge in [-0.25, -0.2) is 13.1 Å². The summed E-state index contributed by atoms with van der Waals surface area (Å²) in [5.41, 5.74) is 4.99. The molecule has 0 bridgehead atoms. The molecule has 16 nitrogen and oxygen atoms in total. The average molecular weight is 944 g/mol. The molecule has 0 spiro atoms. The first-order valence-electron chi connectivity index (χ1n) is 21.7. The third-order valence-corrected chi connectivity index (χ3v) is 17.4. The number of aromatic amines is 1. The minimum absolute atomic E-state index is 0.0441. The van der Waals surface area contributed by atoms with Crippen LogP contribution in [-0.2, 0) is 24.1 Å². The molecule has 2 saturated heterocycles. The minimum atomic E-state index is -4.68. The van der Waals surface area contributed by atoms with Crippen molar-refractivity contribution in [2.75, 3.05) is 82.1 Å². The van der Waals surface area contributed by atoms with Gasteiger partial charge in [0.2, 0.25) is 5.88 Å². The van der Waals surface area contributed by atoms with Crippen molar-refractivity contribution in [3.63, 3.8) is 0 Å². The summed E-state index contributed by atoms with van der Waals surface area (Å²) >= 11 is 6.26. The van der Waals surface area contributed by atoms with E-state index in [9.17, 15) is 23.3 Å². The van der Waals surface area contributed by atoms with Crippen molar-refractivity contribution in [3.8, 4) is 5.88 Å². The molecule has 3 N–H and O–H groups in total. The van der Waals surface area contributed by atoms with Gasteiger partial charge in [0.1, 0.15) is 11.3 Å². The number of benzene rings is 3. The number of aromatic nitrogens is 2. The molecule has 0 radical (unpaired) electrons. The van der Waals surface area contributed by atoms with Crippen LogP contribution in [0.25, 0.3) is 16.6 Å². The second-order valence-corrected chi connectivity index (χ2v) is 22.8. The Balaban J connectivity index is 0.995. The van der Waals surface area contributed by atoms with Gasteiger partial charge in [-0.2, -0.15) is 4.98 Å². The third kappa shape index (κ3) is 9.54. The van der Waals surface area contributed by atoms with Crippen LogP contribution in [0.4, 0.5) is 17.1 Å². The number of fused-ring (bicyclic) bond motifs is 2. The van der Waals surface area contributed by atoms with E-state index >= 15 is 4.57 Å². The molecule has 65 heavy (non-hydrogen) atoms. The molecule has 342 valence electrons. The summed E-state index contributed by atoms with van der Waals surface area (Å²) in [6, 6.07) is 20.0. The van der Waals surface area contributed by atoms with Gasteiger partial charge < -0.3 is 34.0 Å². The molecular formula is C46H51ClN7O9PS. The lowest BCUT2D eigenvalue weighted by atomic mass is 9.72. The molecule has 0 saturated carbocycles. The number of allylic oxidation sites excluding steroid dienone is 1. The number of ether oxygens (including phenoxy) is 3. The Bertz CT molecular complexity index is 2840. The highest BCUT2D eigenvalue weighted by Crippen LogP contribution is 2.50. The van der Waals surface area contributed by atoms with E-state index in [1.807, 2.05) is 12.1 Å². The van der Waals surface area contributed by atoms with Crippen LogP contribution in [0.3, 0.4) is 0 Å². The van der Waals surface area contributed by atoms with Crippen LogP contribution in [-0.4, -0.2) is 112 Å². The number of amides is 1. The van der Waals surface area contributed by atoms with Crippen LogP contribution < -0.4 is 30.3 Å². The highest BCUT2D eigenvalue weighted by molar-refractivity contribution is 7.90. The monoisotopic (exact) mass is 943 g/mol. The number of nitro groups is 1. The van der Waals surface area contributed by atoms with Gasteiger partial charge in [-0.05, 0) is 90.4 Å². The number of rotatable bonds is 12. The van der Waals surface area contributed by atoms with Gasteiger partial charge in [0.15, 0.2) is 7.14 Å². The Morgan fingerprint density at radius 3 is 2.57 bits per heavy atom. The average Bonchev–Trinajstić information content (AvgIpc) is 3.76. The van der Waals surface area contributed by atoms with E-state index in [0.717, 1.165) is 50.7 Å². The Morgan fingerprint density at radius 2 is 1.82 bits per heavy atom. The number of nitro benzene ring substituents is 1. The fraction of sp³-hybridized carbons (Fsp3) is 0.391. The van der Waals surface area contributed by atoms with Crippen molar-refractivity contribution in [3.05, 3.63) is 111 Å². The first kappa shape index (κ1) is 44.9. The van der Waals surface area contributed by atoms with Crippen LogP contribution in [0.5, 0.6) is 5.88 Å². The molecular weight excluding hydrogens is 893 g/mol. The molecule has 3 aromatic carbocycles. The molecule has 3 aliphatic heterocycles. The van der Waals surface area contributed by atoms with Gasteiger partial charge in [0, 0.05) is 79.1 Å². The van der Waals surface area contributed by atoms with E-state index in [4.69, 9.17) is 25.8 Å². The first-order chi connectivity index (χ1) is 31.2. The second-order valence-electron chi connectivity index (χ2n) is 17.8. The standard InChI is InChI=1S/C46H51ClN7O9PS/c1-46(2)13-11-32(38(26-46)30-3-5-33(47)6-4-30)28-52-15-17-53(18-16-52)34-7-9-37(41(24-34)64(58)22-21-63-45-42(64)23-31-12-14-48-43(31)50-45)44(55)51-65(59,60)36-8-10-39(40(25-36)54(56)57)49-27-35-29-61-19-20-62-35/h3-10,12,14,23-25,35,49H,11,13,15-22,26-29H2,1-2H3,(H,48,50)(H,51,55)/t35-,64?/m0/s1. The van der Waals surface area contributed by atoms with Gasteiger partial charge in [-0.15, -0.1) is 0 Å². The molecule has 2 fully saturated rings. The number of halogens is 1. The van der Waals surface area contributed by atoms with Crippen LogP contribution >= 0.6 is 18.7 Å². The van der Waals surface area contributed by atoms with Crippen molar-refractivity contribution in [2.24, 2.45) is 5.41 Å². The number of sulfonamides is 1. The number of carbonyl (C=O) groups is 1. The minimum Gasteiger partial charge on any atom is -0.477 e. The largest absolute Gasteiger partial charge is 0.477 e. The van der Waals surface area contributed by atoms with E-state index in [2.05, 4.69) is 55.8 Å². The molecule has 2 atom stereocenters. The highest BCUT2D eigenvalue weighted by Gasteiger charge is 2.40. The maximum Gasteiger partial charge on any atom is 0.293 e. The van der Waals surface area contributed by atoms with Crippen molar-refractivity contribution >= 4 is 79.0 Å². The SMILES string of the molecule is CC1(C)CCC(CN2CCN(c3ccc(C(=O)NS(=O)(=O)c4ccc(NC[C@H]5COCCO5)c([N+](=O)[O-])c4)c(P4(=O)CCOc5nc6[nH]ccc6cc54)c3)CC2)=C(c2ccc(Cl)cc2)C1. The van der Waals surface area contributed by atoms with Crippen LogP contribution in [0.15, 0.2) is 89.5 Å². The van der Waals surface area contributed by atoms with Crippen LogP contribution in [0.2, 0.25) is 5.02 Å². The van der Waals surface area contributed by atoms with E-state index in [1.165, 1.54) is 34.9 Å². The summed E-state index contributed by atoms with van der Waals surface area (Å²) < 4.78 is 62.5. The maximum atomic E-state index is 15.6. The predicted molar refractivity (Wildman–Crippen MR) is 251 cm³/mol. The number of piperazine rings is 1. The molecule has 1 amide bonds. The number of H-pyrrole nitrogens is 1. The van der Waals surface area contributed by atoms with Crippen molar-refractivity contribution in [1.82, 2.24) is 19.6 Å². The van der Waals surface area contributed by atoms with Gasteiger partial charge in [-0.3, -0.25) is 19.8 Å². The Morgan fingerprint density at radius 1 is 1.02 bits per heavy atom. The molecule has 4 aliphatic rings. The smallest absolute Gasteiger partial charge is 0.293 e. The second kappa shape index (κ2) is 18.2. The molecule has 1 unspecified atom stereocenters. The molecule has 5 heterocycles. The summed E-state index contributed by atoms with van der Waals surface area (Å²) in [5, 5.41) is 17.0. The first-order valence-corrected chi connectivity index (χ1v) is 25.5. The fourth-order valence-corrected chi connectivity index (χ4v) is 13.0. The number of nitrogens with one attached hydrogen (secondary N) is 3. The Labute approximate surface area is 382 Å².